The molecule has 0 saturated heterocycles. The van der Waals surface area contributed by atoms with Crippen LogP contribution in [0.15, 0.2) is 11.4 Å². The van der Waals surface area contributed by atoms with Gasteiger partial charge in [-0.15, -0.1) is 11.3 Å². The third kappa shape index (κ3) is 2.70. The van der Waals surface area contributed by atoms with Crippen LogP contribution in [0.3, 0.4) is 0 Å². The molecule has 0 aromatic carbocycles. The summed E-state index contributed by atoms with van der Waals surface area (Å²) in [6.07, 6.45) is 1.14. The number of aromatic nitrogens is 2. The van der Waals surface area contributed by atoms with E-state index in [0.717, 1.165) is 29.0 Å². The van der Waals surface area contributed by atoms with Crippen molar-refractivity contribution in [1.29, 1.82) is 0 Å². The zero-order valence-electron chi connectivity index (χ0n) is 11.0. The Morgan fingerprint density at radius 1 is 1.44 bits per heavy atom. The minimum Gasteiger partial charge on any atom is -0.359 e. The Balaban J connectivity index is 2.32. The molecule has 0 spiro atoms. The maximum Gasteiger partial charge on any atom is 0.240 e. The minimum atomic E-state index is 0.469. The molecule has 0 fully saturated rings. The quantitative estimate of drug-likeness (QED) is 0.642. The van der Waals surface area contributed by atoms with Gasteiger partial charge in [-0.25, -0.2) is 10.8 Å². The number of hydrogen-bond donors (Lipinski definition) is 2. The Kier molecular flexibility index (Phi) is 3.98. The molecule has 18 heavy (non-hydrogen) atoms. The van der Waals surface area contributed by atoms with Gasteiger partial charge in [0.1, 0.15) is 10.6 Å². The molecule has 0 unspecified atom stereocenters. The maximum absolute atomic E-state index is 5.41. The minimum absolute atomic E-state index is 0.469. The van der Waals surface area contributed by atoms with Gasteiger partial charge >= 0.3 is 0 Å². The van der Waals surface area contributed by atoms with E-state index in [1.54, 1.807) is 11.3 Å². The molecule has 0 aliphatic rings. The van der Waals surface area contributed by atoms with Crippen LogP contribution in [0.25, 0.3) is 10.2 Å². The molecule has 0 radical (unpaired) electrons. The van der Waals surface area contributed by atoms with E-state index >= 15 is 0 Å². The molecule has 2 aromatic heterocycles. The van der Waals surface area contributed by atoms with E-state index in [1.807, 2.05) is 5.38 Å². The lowest BCUT2D eigenvalue weighted by molar-refractivity contribution is 0.584. The van der Waals surface area contributed by atoms with Crippen molar-refractivity contribution in [1.82, 2.24) is 9.97 Å². The highest BCUT2D eigenvalue weighted by Crippen LogP contribution is 2.28. The molecule has 0 saturated carbocycles. The van der Waals surface area contributed by atoms with Gasteiger partial charge in [-0.3, -0.25) is 5.43 Å². The first kappa shape index (κ1) is 13.0. The summed E-state index contributed by atoms with van der Waals surface area (Å²) in [6.45, 7) is 5.42. The van der Waals surface area contributed by atoms with E-state index in [0.29, 0.717) is 11.9 Å². The van der Waals surface area contributed by atoms with E-state index in [9.17, 15) is 0 Å². The van der Waals surface area contributed by atoms with E-state index in [2.05, 4.69) is 47.3 Å². The van der Waals surface area contributed by atoms with E-state index in [1.165, 1.54) is 0 Å². The topological polar surface area (TPSA) is 67.1 Å². The Bertz CT molecular complexity index is 522. The van der Waals surface area contributed by atoms with Crippen LogP contribution < -0.4 is 16.2 Å². The zero-order valence-corrected chi connectivity index (χ0v) is 11.8. The predicted octanol–water partition coefficient (Wildman–Crippen LogP) is 2.46. The van der Waals surface area contributed by atoms with Crippen molar-refractivity contribution in [3.8, 4) is 0 Å². The van der Waals surface area contributed by atoms with Gasteiger partial charge in [0.05, 0.1) is 5.39 Å². The fourth-order valence-corrected chi connectivity index (χ4v) is 2.51. The number of rotatable bonds is 5. The summed E-state index contributed by atoms with van der Waals surface area (Å²) in [6, 6.07) is 2.06. The molecule has 0 bridgehead atoms. The van der Waals surface area contributed by atoms with Crippen molar-refractivity contribution in [2.24, 2.45) is 11.8 Å². The lowest BCUT2D eigenvalue weighted by atomic mass is 10.1. The number of nitrogens with zero attached hydrogens (tertiary/aromatic N) is 3. The van der Waals surface area contributed by atoms with E-state index in [4.69, 9.17) is 5.84 Å². The third-order valence-electron chi connectivity index (χ3n) is 2.84. The number of hydrogen-bond acceptors (Lipinski definition) is 6. The maximum atomic E-state index is 5.41. The highest BCUT2D eigenvalue weighted by Gasteiger charge is 2.12. The first-order chi connectivity index (χ1) is 8.61. The van der Waals surface area contributed by atoms with Crippen molar-refractivity contribution in [3.63, 3.8) is 0 Å². The number of fused-ring (bicyclic) bond motifs is 1. The second-order valence-corrected chi connectivity index (χ2v) is 5.65. The summed E-state index contributed by atoms with van der Waals surface area (Å²) in [5.41, 5.74) is 2.53. The van der Waals surface area contributed by atoms with Gasteiger partial charge in [-0.05, 0) is 23.8 Å². The number of nitrogens with one attached hydrogen (secondary N) is 1. The van der Waals surface area contributed by atoms with E-state index in [-0.39, 0.29) is 0 Å². The first-order valence-electron chi connectivity index (χ1n) is 6.04. The van der Waals surface area contributed by atoms with Gasteiger partial charge in [0.2, 0.25) is 5.95 Å². The molecule has 0 atom stereocenters. The average molecular weight is 265 g/mol. The molecule has 0 aliphatic heterocycles. The molecule has 0 amide bonds. The van der Waals surface area contributed by atoms with Crippen LogP contribution in [0.4, 0.5) is 11.8 Å². The molecule has 2 aromatic rings. The summed E-state index contributed by atoms with van der Waals surface area (Å²) < 4.78 is 0. The predicted molar refractivity (Wildman–Crippen MR) is 78.0 cm³/mol. The number of thiophene rings is 1. The van der Waals surface area contributed by atoms with Crippen LogP contribution >= 0.6 is 11.3 Å². The van der Waals surface area contributed by atoms with Gasteiger partial charge in [0.25, 0.3) is 0 Å². The van der Waals surface area contributed by atoms with Gasteiger partial charge in [0, 0.05) is 13.6 Å². The largest absolute Gasteiger partial charge is 0.359 e. The van der Waals surface area contributed by atoms with Crippen molar-refractivity contribution >= 4 is 33.3 Å². The number of nitrogens with two attached hydrogens (primary N) is 1. The fourth-order valence-electron chi connectivity index (χ4n) is 1.75. The monoisotopic (exact) mass is 265 g/mol. The Morgan fingerprint density at radius 2 is 2.22 bits per heavy atom. The molecule has 2 rings (SSSR count). The Morgan fingerprint density at radius 3 is 2.89 bits per heavy atom. The highest BCUT2D eigenvalue weighted by molar-refractivity contribution is 7.16. The second kappa shape index (κ2) is 5.49. The normalized spacial score (nSPS) is 11.2. The van der Waals surface area contributed by atoms with Gasteiger partial charge in [-0.1, -0.05) is 13.8 Å². The molecule has 98 valence electrons. The van der Waals surface area contributed by atoms with Crippen LogP contribution in [-0.4, -0.2) is 23.6 Å². The van der Waals surface area contributed by atoms with Crippen LogP contribution in [-0.2, 0) is 0 Å². The average Bonchev–Trinajstić information content (AvgIpc) is 2.82. The second-order valence-electron chi connectivity index (χ2n) is 4.76. The molecular formula is C12H19N5S. The van der Waals surface area contributed by atoms with Crippen molar-refractivity contribution in [3.05, 3.63) is 11.4 Å². The number of nitrogen functional groups attached to an aromatic ring is 1. The number of anilines is 2. The number of hydrazine groups is 1. The molecule has 3 N–H and O–H groups in total. The zero-order chi connectivity index (χ0) is 13.1. The summed E-state index contributed by atoms with van der Waals surface area (Å²) >= 11 is 1.60. The summed E-state index contributed by atoms with van der Waals surface area (Å²) in [5, 5.41) is 3.12. The smallest absolute Gasteiger partial charge is 0.240 e. The summed E-state index contributed by atoms with van der Waals surface area (Å²) in [5.74, 6) is 7.50. The third-order valence-corrected chi connectivity index (χ3v) is 3.64. The molecule has 0 aliphatic carbocycles. The molecular weight excluding hydrogens is 246 g/mol. The van der Waals surface area contributed by atoms with Crippen molar-refractivity contribution in [2.45, 2.75) is 20.3 Å². The molecule has 6 heteroatoms. The summed E-state index contributed by atoms with van der Waals surface area (Å²) in [4.78, 5) is 11.9. The molecule has 5 nitrogen and oxygen atoms in total. The lowest BCUT2D eigenvalue weighted by Gasteiger charge is -2.20. The Hall–Kier alpha value is -1.40. The van der Waals surface area contributed by atoms with Gasteiger partial charge in [-0.2, -0.15) is 4.98 Å². The highest BCUT2D eigenvalue weighted by atomic mass is 32.1. The SMILES string of the molecule is CC(C)CCN(C)c1nc(NN)nc2sccc12. The molecule has 2 heterocycles. The van der Waals surface area contributed by atoms with Crippen LogP contribution in [0.5, 0.6) is 0 Å². The van der Waals surface area contributed by atoms with Crippen LogP contribution in [0.1, 0.15) is 20.3 Å². The lowest BCUT2D eigenvalue weighted by Crippen LogP contribution is -2.22. The standard InChI is InChI=1S/C12H19N5S/c1-8(2)4-6-17(3)10-9-5-7-18-11(9)15-12(14-10)16-13/h5,7-8H,4,6,13H2,1-3H3,(H,14,15,16). The van der Waals surface area contributed by atoms with Crippen LogP contribution in [0.2, 0.25) is 0 Å². The first-order valence-corrected chi connectivity index (χ1v) is 6.92. The van der Waals surface area contributed by atoms with E-state index < -0.39 is 0 Å². The van der Waals surface area contributed by atoms with Gasteiger partial charge in [0.15, 0.2) is 0 Å². The van der Waals surface area contributed by atoms with Crippen molar-refractivity contribution < 1.29 is 0 Å². The summed E-state index contributed by atoms with van der Waals surface area (Å²) in [7, 11) is 2.06. The van der Waals surface area contributed by atoms with Crippen molar-refractivity contribution in [2.75, 3.05) is 23.9 Å². The Labute approximate surface area is 111 Å². The van der Waals surface area contributed by atoms with Crippen LogP contribution in [0, 0.1) is 5.92 Å². The fraction of sp³-hybridized carbons (Fsp3) is 0.500. The van der Waals surface area contributed by atoms with Gasteiger partial charge < -0.3 is 4.90 Å².